The van der Waals surface area contributed by atoms with Gasteiger partial charge in [-0.1, -0.05) is 6.07 Å². The maximum atomic E-state index is 12.7. The van der Waals surface area contributed by atoms with E-state index in [1.165, 1.54) is 17.0 Å². The normalized spacial score (nSPS) is 22.6. The van der Waals surface area contributed by atoms with Gasteiger partial charge in [0.1, 0.15) is 6.04 Å². The molecule has 0 saturated carbocycles. The van der Waals surface area contributed by atoms with Gasteiger partial charge >= 0.3 is 12.2 Å². The first-order valence-corrected chi connectivity index (χ1v) is 6.21. The van der Waals surface area contributed by atoms with E-state index in [1.54, 1.807) is 0 Å². The van der Waals surface area contributed by atoms with Crippen molar-refractivity contribution in [2.24, 2.45) is 0 Å². The second kappa shape index (κ2) is 4.22. The lowest BCUT2D eigenvalue weighted by Gasteiger charge is -2.17. The zero-order valence-electron chi connectivity index (χ0n) is 10.4. The quantitative estimate of drug-likeness (QED) is 0.744. The molecule has 1 atom stereocenters. The van der Waals surface area contributed by atoms with Crippen molar-refractivity contribution in [1.82, 2.24) is 4.90 Å². The molecule has 2 aliphatic rings. The van der Waals surface area contributed by atoms with E-state index in [0.29, 0.717) is 13.0 Å². The number of imide groups is 1. The maximum Gasteiger partial charge on any atom is 0.416 e. The Labute approximate surface area is 112 Å². The first-order valence-electron chi connectivity index (χ1n) is 6.21. The molecule has 3 amide bonds. The Morgan fingerprint density at radius 2 is 1.95 bits per heavy atom. The average molecular weight is 284 g/mol. The van der Waals surface area contributed by atoms with E-state index in [4.69, 9.17) is 0 Å². The number of rotatable bonds is 1. The Balaban J connectivity index is 1.98. The molecule has 1 unspecified atom stereocenters. The molecule has 0 aliphatic carbocycles. The number of benzene rings is 1. The Morgan fingerprint density at radius 1 is 1.20 bits per heavy atom. The van der Waals surface area contributed by atoms with Crippen LogP contribution in [0.25, 0.3) is 0 Å². The predicted molar refractivity (Wildman–Crippen MR) is 64.1 cm³/mol. The van der Waals surface area contributed by atoms with Gasteiger partial charge in [0.15, 0.2) is 0 Å². The van der Waals surface area contributed by atoms with Crippen LogP contribution in [0.15, 0.2) is 24.3 Å². The van der Waals surface area contributed by atoms with Crippen molar-refractivity contribution in [2.45, 2.75) is 25.1 Å². The maximum absolute atomic E-state index is 12.7. The third-order valence-corrected chi connectivity index (χ3v) is 3.63. The summed E-state index contributed by atoms with van der Waals surface area (Å²) in [6.45, 7) is 0.477. The fourth-order valence-corrected chi connectivity index (χ4v) is 2.68. The number of nitrogens with zero attached hydrogens (tertiary/aromatic N) is 2. The number of urea groups is 1. The van der Waals surface area contributed by atoms with Crippen molar-refractivity contribution in [3.63, 3.8) is 0 Å². The Hall–Kier alpha value is -2.05. The van der Waals surface area contributed by atoms with E-state index in [0.717, 1.165) is 23.5 Å². The van der Waals surface area contributed by atoms with Gasteiger partial charge in [0.25, 0.3) is 5.91 Å². The summed E-state index contributed by atoms with van der Waals surface area (Å²) in [7, 11) is 0. The van der Waals surface area contributed by atoms with E-state index in [1.807, 2.05) is 0 Å². The minimum absolute atomic E-state index is 0.0239. The minimum atomic E-state index is -4.50. The highest BCUT2D eigenvalue weighted by atomic mass is 19.4. The number of fused-ring (bicyclic) bond motifs is 1. The second-order valence-electron chi connectivity index (χ2n) is 4.86. The molecular weight excluding hydrogens is 273 g/mol. The highest BCUT2D eigenvalue weighted by molar-refractivity contribution is 6.21. The number of carbonyl (C=O) groups excluding carboxylic acids is 2. The van der Waals surface area contributed by atoms with Crippen LogP contribution in [-0.4, -0.2) is 29.4 Å². The number of anilines is 1. The molecule has 7 heteroatoms. The summed E-state index contributed by atoms with van der Waals surface area (Å²) >= 11 is 0. The second-order valence-corrected chi connectivity index (χ2v) is 4.86. The van der Waals surface area contributed by atoms with Gasteiger partial charge in [-0.15, -0.1) is 0 Å². The summed E-state index contributed by atoms with van der Waals surface area (Å²) < 4.78 is 38.0. The number of amides is 3. The summed E-state index contributed by atoms with van der Waals surface area (Å²) in [5, 5.41) is 0. The molecule has 1 aromatic rings. The topological polar surface area (TPSA) is 40.6 Å². The molecule has 0 radical (unpaired) electrons. The van der Waals surface area contributed by atoms with Crippen molar-refractivity contribution < 1.29 is 22.8 Å². The van der Waals surface area contributed by atoms with Crippen molar-refractivity contribution in [3.05, 3.63) is 29.8 Å². The molecule has 20 heavy (non-hydrogen) atoms. The molecule has 2 aliphatic heterocycles. The van der Waals surface area contributed by atoms with Crippen LogP contribution in [0.2, 0.25) is 0 Å². The molecule has 2 saturated heterocycles. The Bertz CT molecular complexity index is 563. The van der Waals surface area contributed by atoms with Gasteiger partial charge in [-0.25, -0.2) is 9.69 Å². The van der Waals surface area contributed by atoms with Gasteiger partial charge in [-0.2, -0.15) is 13.2 Å². The van der Waals surface area contributed by atoms with E-state index < -0.39 is 29.7 Å². The molecule has 0 aromatic heterocycles. The highest BCUT2D eigenvalue weighted by Gasteiger charge is 2.48. The van der Waals surface area contributed by atoms with Gasteiger partial charge in [0.05, 0.1) is 11.3 Å². The number of alkyl halides is 3. The molecule has 3 rings (SSSR count). The van der Waals surface area contributed by atoms with Crippen molar-refractivity contribution in [1.29, 1.82) is 0 Å². The molecular formula is C13H11F3N2O2. The highest BCUT2D eigenvalue weighted by Crippen LogP contribution is 2.35. The summed E-state index contributed by atoms with van der Waals surface area (Å²) in [5.74, 6) is -0.438. The van der Waals surface area contributed by atoms with Crippen molar-refractivity contribution in [3.8, 4) is 0 Å². The van der Waals surface area contributed by atoms with Gasteiger partial charge in [0, 0.05) is 6.54 Å². The summed E-state index contributed by atoms with van der Waals surface area (Å²) in [6.07, 6.45) is -3.18. The van der Waals surface area contributed by atoms with Crippen LogP contribution in [0.1, 0.15) is 18.4 Å². The summed E-state index contributed by atoms with van der Waals surface area (Å²) in [5.41, 5.74) is -0.896. The van der Waals surface area contributed by atoms with Crippen LogP contribution in [-0.2, 0) is 11.0 Å². The first-order chi connectivity index (χ1) is 9.39. The van der Waals surface area contributed by atoms with Gasteiger partial charge < -0.3 is 4.90 Å². The molecule has 0 bridgehead atoms. The van der Waals surface area contributed by atoms with Crippen LogP contribution in [0.5, 0.6) is 0 Å². The lowest BCUT2D eigenvalue weighted by molar-refractivity contribution is -0.137. The van der Waals surface area contributed by atoms with Crippen LogP contribution in [0, 0.1) is 0 Å². The molecule has 106 valence electrons. The monoisotopic (exact) mass is 284 g/mol. The van der Waals surface area contributed by atoms with Crippen molar-refractivity contribution >= 4 is 17.6 Å². The number of halogens is 3. The SMILES string of the molecule is O=C1C2CCCN2C(=O)N1c1cccc(C(F)(F)F)c1. The molecule has 4 nitrogen and oxygen atoms in total. The average Bonchev–Trinajstić information content (AvgIpc) is 2.94. The third-order valence-electron chi connectivity index (χ3n) is 3.63. The van der Waals surface area contributed by atoms with E-state index in [9.17, 15) is 22.8 Å². The minimum Gasteiger partial charge on any atom is -0.312 e. The van der Waals surface area contributed by atoms with Gasteiger partial charge in [0.2, 0.25) is 0 Å². The zero-order chi connectivity index (χ0) is 14.5. The summed E-state index contributed by atoms with van der Waals surface area (Å²) in [6, 6.07) is 3.23. The predicted octanol–water partition coefficient (Wildman–Crippen LogP) is 2.64. The Morgan fingerprint density at radius 3 is 2.60 bits per heavy atom. The van der Waals surface area contributed by atoms with E-state index in [-0.39, 0.29) is 5.69 Å². The fraction of sp³-hybridized carbons (Fsp3) is 0.385. The Kier molecular flexibility index (Phi) is 2.74. The summed E-state index contributed by atoms with van der Waals surface area (Å²) in [4.78, 5) is 26.5. The fourth-order valence-electron chi connectivity index (χ4n) is 2.68. The van der Waals surface area contributed by atoms with E-state index in [2.05, 4.69) is 0 Å². The van der Waals surface area contributed by atoms with Crippen molar-refractivity contribution in [2.75, 3.05) is 11.4 Å². The molecule has 0 spiro atoms. The smallest absolute Gasteiger partial charge is 0.312 e. The zero-order valence-corrected chi connectivity index (χ0v) is 10.4. The van der Waals surface area contributed by atoms with Crippen LogP contribution >= 0.6 is 0 Å². The van der Waals surface area contributed by atoms with Gasteiger partial charge in [-0.05, 0) is 31.0 Å². The lowest BCUT2D eigenvalue weighted by atomic mass is 10.1. The first kappa shape index (κ1) is 13.0. The lowest BCUT2D eigenvalue weighted by Crippen LogP contribution is -2.33. The molecule has 1 aromatic carbocycles. The molecule has 2 fully saturated rings. The van der Waals surface area contributed by atoms with Crippen LogP contribution in [0.3, 0.4) is 0 Å². The number of hydrogen-bond donors (Lipinski definition) is 0. The number of carbonyl (C=O) groups is 2. The third kappa shape index (κ3) is 1.85. The van der Waals surface area contributed by atoms with Crippen LogP contribution in [0.4, 0.5) is 23.7 Å². The molecule has 0 N–H and O–H groups in total. The largest absolute Gasteiger partial charge is 0.416 e. The van der Waals surface area contributed by atoms with E-state index >= 15 is 0 Å². The molecule has 2 heterocycles. The van der Waals surface area contributed by atoms with Crippen LogP contribution < -0.4 is 4.90 Å². The standard InChI is InChI=1S/C13H11F3N2O2/c14-13(15,16)8-3-1-4-9(7-8)18-11(19)10-5-2-6-17(10)12(18)20/h1,3-4,7,10H,2,5-6H2. The number of hydrogen-bond acceptors (Lipinski definition) is 2. The van der Waals surface area contributed by atoms with Gasteiger partial charge in [-0.3, -0.25) is 4.79 Å².